The van der Waals surface area contributed by atoms with Crippen LogP contribution in [0, 0.1) is 6.20 Å². The third kappa shape index (κ3) is 2.70. The van der Waals surface area contributed by atoms with E-state index in [0.29, 0.717) is 17.4 Å². The summed E-state index contributed by atoms with van der Waals surface area (Å²) in [6, 6.07) is 11.5. The van der Waals surface area contributed by atoms with Crippen LogP contribution < -0.4 is 4.74 Å². The van der Waals surface area contributed by atoms with E-state index in [1.807, 2.05) is 30.3 Å². The predicted octanol–water partition coefficient (Wildman–Crippen LogP) is 3.11. The molecule has 0 aliphatic carbocycles. The van der Waals surface area contributed by atoms with Crippen LogP contribution in [-0.4, -0.2) is 4.98 Å². The van der Waals surface area contributed by atoms with E-state index in [9.17, 15) is 0 Å². The number of aromatic nitrogens is 1. The molecular formula is C12H9ClNO. The minimum absolute atomic E-state index is 0.498. The van der Waals surface area contributed by atoms with E-state index in [4.69, 9.17) is 16.3 Å². The van der Waals surface area contributed by atoms with Gasteiger partial charge < -0.3 is 4.74 Å². The molecule has 1 aromatic heterocycles. The second kappa shape index (κ2) is 4.80. The Hall–Kier alpha value is -1.54. The van der Waals surface area contributed by atoms with Crippen molar-refractivity contribution < 1.29 is 4.74 Å². The molecule has 0 saturated carbocycles. The summed E-state index contributed by atoms with van der Waals surface area (Å²) in [6.45, 7) is 0.498. The second-order valence-corrected chi connectivity index (χ2v) is 3.43. The van der Waals surface area contributed by atoms with Crippen molar-refractivity contribution in [3.63, 3.8) is 0 Å². The van der Waals surface area contributed by atoms with Crippen molar-refractivity contribution in [3.05, 3.63) is 59.4 Å². The summed E-state index contributed by atoms with van der Waals surface area (Å²) in [4.78, 5) is 3.76. The average molecular weight is 219 g/mol. The van der Waals surface area contributed by atoms with Crippen molar-refractivity contribution in [1.29, 1.82) is 0 Å². The molecule has 2 nitrogen and oxygen atoms in total. The molecule has 2 rings (SSSR count). The predicted molar refractivity (Wildman–Crippen MR) is 58.9 cm³/mol. The van der Waals surface area contributed by atoms with Gasteiger partial charge in [-0.1, -0.05) is 41.9 Å². The largest absolute Gasteiger partial charge is 0.487 e. The number of pyridine rings is 1. The second-order valence-electron chi connectivity index (χ2n) is 3.02. The zero-order chi connectivity index (χ0) is 10.5. The molecular weight excluding hydrogens is 210 g/mol. The van der Waals surface area contributed by atoms with Gasteiger partial charge in [0.1, 0.15) is 17.4 Å². The van der Waals surface area contributed by atoms with E-state index in [2.05, 4.69) is 11.2 Å². The molecule has 0 N–H and O–H groups in total. The number of ether oxygens (including phenoxy) is 1. The van der Waals surface area contributed by atoms with Crippen LogP contribution in [0.15, 0.2) is 42.6 Å². The Labute approximate surface area is 93.5 Å². The minimum atomic E-state index is 0.498. The molecule has 1 aromatic carbocycles. The molecule has 2 aromatic rings. The van der Waals surface area contributed by atoms with Crippen LogP contribution in [0.1, 0.15) is 5.56 Å². The third-order valence-electron chi connectivity index (χ3n) is 1.92. The van der Waals surface area contributed by atoms with E-state index in [1.165, 1.54) is 6.20 Å². The lowest BCUT2D eigenvalue weighted by molar-refractivity contribution is 0.306. The summed E-state index contributed by atoms with van der Waals surface area (Å²) in [5, 5.41) is 0.504. The first kappa shape index (κ1) is 9.99. The smallest absolute Gasteiger partial charge is 0.142 e. The molecule has 0 aliphatic heterocycles. The number of benzene rings is 1. The van der Waals surface area contributed by atoms with Crippen LogP contribution in [0.5, 0.6) is 5.75 Å². The summed E-state index contributed by atoms with van der Waals surface area (Å²) >= 11 is 5.88. The third-order valence-corrected chi connectivity index (χ3v) is 2.20. The molecule has 1 radical (unpaired) electrons. The van der Waals surface area contributed by atoms with E-state index >= 15 is 0 Å². The van der Waals surface area contributed by atoms with Gasteiger partial charge in [-0.05, 0) is 5.56 Å². The quantitative estimate of drug-likeness (QED) is 0.790. The van der Waals surface area contributed by atoms with E-state index in [-0.39, 0.29) is 0 Å². The summed E-state index contributed by atoms with van der Waals surface area (Å²) < 4.78 is 5.52. The Bertz CT molecular complexity index is 431. The van der Waals surface area contributed by atoms with Crippen molar-refractivity contribution in [2.45, 2.75) is 6.61 Å². The maximum Gasteiger partial charge on any atom is 0.142 e. The lowest BCUT2D eigenvalue weighted by Crippen LogP contribution is -1.95. The first-order valence-corrected chi connectivity index (χ1v) is 4.92. The average Bonchev–Trinajstić information content (AvgIpc) is 2.29. The van der Waals surface area contributed by atoms with E-state index in [1.54, 1.807) is 6.07 Å². The van der Waals surface area contributed by atoms with Gasteiger partial charge in [-0.15, -0.1) is 0 Å². The molecule has 0 spiro atoms. The lowest BCUT2D eigenvalue weighted by atomic mass is 10.2. The van der Waals surface area contributed by atoms with Gasteiger partial charge in [-0.2, -0.15) is 0 Å². The highest BCUT2D eigenvalue weighted by molar-refractivity contribution is 6.31. The molecule has 0 aliphatic rings. The Morgan fingerprint density at radius 2 is 2.07 bits per heavy atom. The monoisotopic (exact) mass is 218 g/mol. The first-order chi connectivity index (χ1) is 7.36. The number of hydrogen-bond acceptors (Lipinski definition) is 2. The van der Waals surface area contributed by atoms with Crippen molar-refractivity contribution in [3.8, 4) is 5.75 Å². The molecule has 0 atom stereocenters. The Morgan fingerprint density at radius 1 is 1.27 bits per heavy atom. The zero-order valence-corrected chi connectivity index (χ0v) is 8.74. The van der Waals surface area contributed by atoms with Crippen LogP contribution in [0.4, 0.5) is 0 Å². The zero-order valence-electron chi connectivity index (χ0n) is 7.98. The Kier molecular flexibility index (Phi) is 3.20. The molecule has 75 valence electrons. The molecule has 0 bridgehead atoms. The highest BCUT2D eigenvalue weighted by Crippen LogP contribution is 2.22. The number of halogens is 1. The van der Waals surface area contributed by atoms with Crippen molar-refractivity contribution in [2.24, 2.45) is 0 Å². The summed E-state index contributed by atoms with van der Waals surface area (Å²) in [6.07, 6.45) is 4.19. The van der Waals surface area contributed by atoms with E-state index in [0.717, 1.165) is 5.56 Å². The molecule has 1 heterocycles. The van der Waals surface area contributed by atoms with Gasteiger partial charge in [0, 0.05) is 6.07 Å². The molecule has 0 amide bonds. The highest BCUT2D eigenvalue weighted by atomic mass is 35.5. The standard InChI is InChI=1S/C12H9ClNO/c13-11-8-14-7-6-12(11)15-9-10-4-2-1-3-5-10/h1-6,8H,9H2. The molecule has 3 heteroatoms. The Morgan fingerprint density at radius 3 is 2.80 bits per heavy atom. The van der Waals surface area contributed by atoms with Gasteiger partial charge in [0.2, 0.25) is 0 Å². The fourth-order valence-electron chi connectivity index (χ4n) is 1.17. The van der Waals surface area contributed by atoms with Crippen LogP contribution in [0.2, 0.25) is 5.02 Å². The van der Waals surface area contributed by atoms with Gasteiger partial charge in [-0.3, -0.25) is 4.98 Å². The SMILES string of the molecule is Clc1cn[c]cc1OCc1ccccc1. The summed E-state index contributed by atoms with van der Waals surface area (Å²) in [7, 11) is 0. The van der Waals surface area contributed by atoms with Gasteiger partial charge >= 0.3 is 0 Å². The van der Waals surface area contributed by atoms with E-state index < -0.39 is 0 Å². The van der Waals surface area contributed by atoms with Gasteiger partial charge in [-0.25, -0.2) is 0 Å². The lowest BCUT2D eigenvalue weighted by Gasteiger charge is -2.06. The normalized spacial score (nSPS) is 9.93. The Balaban J connectivity index is 2.03. The fraction of sp³-hybridized carbons (Fsp3) is 0.0833. The summed E-state index contributed by atoms with van der Waals surface area (Å²) in [5.41, 5.74) is 1.10. The topological polar surface area (TPSA) is 22.1 Å². The van der Waals surface area contributed by atoms with Crippen LogP contribution in [0.25, 0.3) is 0 Å². The fourth-order valence-corrected chi connectivity index (χ4v) is 1.33. The van der Waals surface area contributed by atoms with Crippen molar-refractivity contribution >= 4 is 11.6 Å². The van der Waals surface area contributed by atoms with Gasteiger partial charge in [0.15, 0.2) is 0 Å². The number of rotatable bonds is 3. The van der Waals surface area contributed by atoms with Gasteiger partial charge in [0.05, 0.1) is 12.4 Å². The van der Waals surface area contributed by atoms with Gasteiger partial charge in [0.25, 0.3) is 0 Å². The molecule has 15 heavy (non-hydrogen) atoms. The maximum absolute atomic E-state index is 5.88. The highest BCUT2D eigenvalue weighted by Gasteiger charge is 2.00. The van der Waals surface area contributed by atoms with Crippen molar-refractivity contribution in [2.75, 3.05) is 0 Å². The van der Waals surface area contributed by atoms with Crippen LogP contribution in [0.3, 0.4) is 0 Å². The minimum Gasteiger partial charge on any atom is -0.487 e. The van der Waals surface area contributed by atoms with Crippen molar-refractivity contribution in [1.82, 2.24) is 4.98 Å². The molecule has 0 saturated heterocycles. The first-order valence-electron chi connectivity index (χ1n) is 4.54. The number of hydrogen-bond donors (Lipinski definition) is 0. The maximum atomic E-state index is 5.88. The number of nitrogens with zero attached hydrogens (tertiary/aromatic N) is 1. The van der Waals surface area contributed by atoms with Crippen LogP contribution >= 0.6 is 11.6 Å². The molecule has 0 fully saturated rings. The summed E-state index contributed by atoms with van der Waals surface area (Å²) in [5.74, 6) is 0.607. The molecule has 0 unspecified atom stereocenters. The van der Waals surface area contributed by atoms with Crippen LogP contribution in [-0.2, 0) is 6.61 Å².